The first-order valence-electron chi connectivity index (χ1n) is 38.3. The summed E-state index contributed by atoms with van der Waals surface area (Å²) in [4.78, 5) is 13.5. The van der Waals surface area contributed by atoms with E-state index in [1.165, 1.54) is 250 Å². The van der Waals surface area contributed by atoms with E-state index in [2.05, 4.69) is 19.2 Å². The van der Waals surface area contributed by atoms with E-state index in [0.717, 1.165) is 44.9 Å². The number of hydrogen-bond acceptors (Lipinski definition) is 18. The van der Waals surface area contributed by atoms with E-state index in [1.807, 2.05) is 0 Å². The summed E-state index contributed by atoms with van der Waals surface area (Å²) in [6.45, 7) is 1.87. The summed E-state index contributed by atoms with van der Waals surface area (Å²) in [5.41, 5.74) is 0. The van der Waals surface area contributed by atoms with E-state index in [0.29, 0.717) is 12.8 Å². The molecule has 17 atom stereocenters. The highest BCUT2D eigenvalue weighted by atomic mass is 16.8. The molecule has 92 heavy (non-hydrogen) atoms. The van der Waals surface area contributed by atoms with Gasteiger partial charge in [-0.3, -0.25) is 4.79 Å². The van der Waals surface area contributed by atoms with Crippen molar-refractivity contribution in [3.05, 3.63) is 0 Å². The zero-order valence-electron chi connectivity index (χ0n) is 58.1. The molecule has 0 aliphatic carbocycles. The Morgan fingerprint density at radius 2 is 0.620 bits per heavy atom. The van der Waals surface area contributed by atoms with Crippen molar-refractivity contribution in [3.63, 3.8) is 0 Å². The van der Waals surface area contributed by atoms with Crippen LogP contribution in [0.5, 0.6) is 0 Å². The van der Waals surface area contributed by atoms with Gasteiger partial charge in [0.2, 0.25) is 5.91 Å². The van der Waals surface area contributed by atoms with Gasteiger partial charge in [-0.1, -0.05) is 309 Å². The number of aliphatic hydroxyl groups is 11. The number of rotatable bonds is 61. The minimum Gasteiger partial charge on any atom is -0.394 e. The van der Waals surface area contributed by atoms with Crippen LogP contribution in [0.25, 0.3) is 0 Å². The molecule has 19 nitrogen and oxygen atoms in total. The van der Waals surface area contributed by atoms with Crippen molar-refractivity contribution in [2.24, 2.45) is 0 Å². The topological polar surface area (TPSA) is 307 Å². The Bertz CT molecular complexity index is 1670. The summed E-state index contributed by atoms with van der Waals surface area (Å²) in [5.74, 6) is -0.233. The third-order valence-corrected chi connectivity index (χ3v) is 19.7. The summed E-state index contributed by atoms with van der Waals surface area (Å²) in [6, 6.07) is -0.882. The monoisotopic (exact) mass is 1320 g/mol. The predicted molar refractivity (Wildman–Crippen MR) is 361 cm³/mol. The summed E-state index contributed by atoms with van der Waals surface area (Å²) >= 11 is 0. The summed E-state index contributed by atoms with van der Waals surface area (Å²) in [5, 5.41) is 121. The Labute approximate surface area is 557 Å². The molecule has 1 amide bonds. The van der Waals surface area contributed by atoms with Crippen molar-refractivity contribution in [2.75, 3.05) is 26.4 Å². The number of carbonyl (C=O) groups excluding carboxylic acids is 1. The second kappa shape index (κ2) is 55.6. The Balaban J connectivity index is 1.39. The molecule has 0 bridgehead atoms. The number of amides is 1. The third-order valence-electron chi connectivity index (χ3n) is 19.7. The molecule has 3 fully saturated rings. The van der Waals surface area contributed by atoms with E-state index in [9.17, 15) is 61.0 Å². The van der Waals surface area contributed by atoms with Crippen molar-refractivity contribution >= 4 is 5.91 Å². The molecule has 0 saturated carbocycles. The fraction of sp³-hybridized carbons (Fsp3) is 0.986. The van der Waals surface area contributed by atoms with E-state index >= 15 is 0 Å². The first kappa shape index (κ1) is 85.0. The Kier molecular flexibility index (Phi) is 51.4. The first-order valence-corrected chi connectivity index (χ1v) is 38.3. The van der Waals surface area contributed by atoms with Crippen LogP contribution in [0.15, 0.2) is 0 Å². The Morgan fingerprint density at radius 1 is 0.348 bits per heavy atom. The van der Waals surface area contributed by atoms with Crippen molar-refractivity contribution in [3.8, 4) is 0 Å². The average Bonchev–Trinajstić information content (AvgIpc) is 0.855. The first-order chi connectivity index (χ1) is 44.8. The molecular weight excluding hydrogens is 1180 g/mol. The molecule has 0 aromatic rings. The van der Waals surface area contributed by atoms with Gasteiger partial charge in [-0.05, 0) is 12.8 Å². The lowest BCUT2D eigenvalue weighted by Gasteiger charge is -2.48. The van der Waals surface area contributed by atoms with Gasteiger partial charge in [0.1, 0.15) is 73.2 Å². The molecule has 0 radical (unpaired) electrons. The average molecular weight is 1320 g/mol. The van der Waals surface area contributed by atoms with Crippen molar-refractivity contribution in [2.45, 2.75) is 433 Å². The molecule has 3 aliphatic rings. The summed E-state index contributed by atoms with van der Waals surface area (Å²) in [7, 11) is 0. The van der Waals surface area contributed by atoms with Gasteiger partial charge < -0.3 is 89.9 Å². The fourth-order valence-electron chi connectivity index (χ4n) is 13.5. The molecule has 0 aromatic heterocycles. The van der Waals surface area contributed by atoms with Crippen LogP contribution in [-0.2, 0) is 33.2 Å². The van der Waals surface area contributed by atoms with Crippen LogP contribution in [0.3, 0.4) is 0 Å². The van der Waals surface area contributed by atoms with Crippen LogP contribution in [-0.4, -0.2) is 193 Å². The van der Waals surface area contributed by atoms with Gasteiger partial charge in [0.15, 0.2) is 18.9 Å². The second-order valence-corrected chi connectivity index (χ2v) is 27.8. The molecule has 3 heterocycles. The van der Waals surface area contributed by atoms with Crippen LogP contribution in [0, 0.1) is 0 Å². The van der Waals surface area contributed by atoms with Crippen molar-refractivity contribution in [1.29, 1.82) is 0 Å². The Hall–Kier alpha value is -1.21. The highest BCUT2D eigenvalue weighted by Crippen LogP contribution is 2.33. The normalized spacial score (nSPS) is 27.6. The lowest BCUT2D eigenvalue weighted by molar-refractivity contribution is -0.379. The standard InChI is InChI=1S/C73H141NO18/c1-3-5-7-9-11-13-15-17-19-21-23-25-27-29-31-33-35-37-39-41-43-45-47-49-51-61(79)74-56(57(78)50-48-46-44-42-40-38-36-34-32-30-28-26-24-22-20-18-16-14-12-10-8-6-4-2)55-87-71-67(85)64(82)69(59(53-76)89-71)92-73-68(86)65(83)70(60(54-77)90-73)91-72-66(84)63(81)62(80)58(52-75)88-72/h56-60,62-73,75-78,80-86H,3-55H2,1-2H3,(H,74,79). The van der Waals surface area contributed by atoms with E-state index in [-0.39, 0.29) is 18.9 Å². The number of nitrogens with one attached hydrogen (secondary N) is 1. The molecule has 546 valence electrons. The number of carbonyl (C=O) groups is 1. The predicted octanol–water partition coefficient (Wildman–Crippen LogP) is 11.5. The van der Waals surface area contributed by atoms with Gasteiger partial charge in [-0.15, -0.1) is 0 Å². The van der Waals surface area contributed by atoms with Crippen LogP contribution in [0.1, 0.15) is 328 Å². The zero-order chi connectivity index (χ0) is 66.8. The van der Waals surface area contributed by atoms with Gasteiger partial charge in [-0.25, -0.2) is 0 Å². The van der Waals surface area contributed by atoms with Crippen LogP contribution < -0.4 is 5.32 Å². The molecule has 0 spiro atoms. The molecular formula is C73H141NO18. The number of aliphatic hydroxyl groups excluding tert-OH is 11. The van der Waals surface area contributed by atoms with Crippen molar-refractivity contribution < 1.29 is 89.4 Å². The smallest absolute Gasteiger partial charge is 0.220 e. The zero-order valence-corrected chi connectivity index (χ0v) is 58.1. The van der Waals surface area contributed by atoms with Gasteiger partial charge in [0.25, 0.3) is 0 Å². The van der Waals surface area contributed by atoms with Gasteiger partial charge in [-0.2, -0.15) is 0 Å². The molecule has 17 unspecified atom stereocenters. The fourth-order valence-corrected chi connectivity index (χ4v) is 13.5. The molecule has 19 heteroatoms. The van der Waals surface area contributed by atoms with Crippen LogP contribution in [0.4, 0.5) is 0 Å². The van der Waals surface area contributed by atoms with E-state index in [4.69, 9.17) is 28.4 Å². The molecule has 3 aliphatic heterocycles. The van der Waals surface area contributed by atoms with Crippen LogP contribution in [0.2, 0.25) is 0 Å². The second-order valence-electron chi connectivity index (χ2n) is 27.8. The molecule has 3 rings (SSSR count). The lowest BCUT2D eigenvalue weighted by atomic mass is 9.96. The Morgan fingerprint density at radius 3 is 0.946 bits per heavy atom. The highest BCUT2D eigenvalue weighted by Gasteiger charge is 2.53. The number of unbranched alkanes of at least 4 members (excludes halogenated alkanes) is 45. The third kappa shape index (κ3) is 36.6. The van der Waals surface area contributed by atoms with Crippen molar-refractivity contribution in [1.82, 2.24) is 5.32 Å². The SMILES string of the molecule is CCCCCCCCCCCCCCCCCCCCCCCCCCC(=O)NC(COC1OC(CO)C(OC2OC(CO)C(OC3OC(CO)C(O)C(O)C3O)C(O)C2O)C(O)C1O)C(O)CCCCCCCCCCCCCCCCCCCCCCCCC. The number of ether oxygens (including phenoxy) is 6. The molecule has 0 aromatic carbocycles. The van der Waals surface area contributed by atoms with Crippen LogP contribution >= 0.6 is 0 Å². The minimum absolute atomic E-state index is 0.233. The largest absolute Gasteiger partial charge is 0.394 e. The maximum Gasteiger partial charge on any atom is 0.220 e. The van der Waals surface area contributed by atoms with E-state index < -0.39 is 124 Å². The highest BCUT2D eigenvalue weighted by molar-refractivity contribution is 5.76. The quantitative estimate of drug-likeness (QED) is 0.0252. The maximum absolute atomic E-state index is 13.5. The molecule has 3 saturated heterocycles. The minimum atomic E-state index is -1.97. The summed E-state index contributed by atoms with van der Waals surface area (Å²) < 4.78 is 34.5. The van der Waals surface area contributed by atoms with E-state index in [1.54, 1.807) is 0 Å². The van der Waals surface area contributed by atoms with Gasteiger partial charge in [0.05, 0.1) is 38.6 Å². The maximum atomic E-state index is 13.5. The lowest BCUT2D eigenvalue weighted by Crippen LogP contribution is -2.66. The number of hydrogen-bond donors (Lipinski definition) is 12. The van der Waals surface area contributed by atoms with Gasteiger partial charge >= 0.3 is 0 Å². The summed E-state index contributed by atoms with van der Waals surface area (Å²) in [6.07, 6.45) is 34.7. The molecule has 12 N–H and O–H groups in total. The van der Waals surface area contributed by atoms with Gasteiger partial charge in [0, 0.05) is 6.42 Å².